The number of hydrogen-bond donors (Lipinski definition) is 2. The molecule has 4 rings (SSSR count). The predicted octanol–water partition coefficient (Wildman–Crippen LogP) is 4.23. The average Bonchev–Trinajstić information content (AvgIpc) is 3.14. The number of halogens is 3. The fourth-order valence-electron chi connectivity index (χ4n) is 2.87. The van der Waals surface area contributed by atoms with Crippen LogP contribution in [0.1, 0.15) is 0 Å². The van der Waals surface area contributed by atoms with Crippen LogP contribution in [0.2, 0.25) is 5.15 Å². The fourth-order valence-corrected chi connectivity index (χ4v) is 3.02. The van der Waals surface area contributed by atoms with E-state index in [1.807, 2.05) is 0 Å². The third kappa shape index (κ3) is 2.87. The third-order valence-corrected chi connectivity index (χ3v) is 4.22. The van der Waals surface area contributed by atoms with E-state index < -0.39 is 11.6 Å². The van der Waals surface area contributed by atoms with Crippen LogP contribution in [-0.4, -0.2) is 33.2 Å². The van der Waals surface area contributed by atoms with E-state index in [1.54, 1.807) is 30.0 Å². The van der Waals surface area contributed by atoms with Crippen LogP contribution in [0.25, 0.3) is 22.1 Å². The molecule has 0 amide bonds. The number of H-pyrrole nitrogens is 1. The molecule has 0 bridgehead atoms. The Balaban J connectivity index is 1.84. The number of benzene rings is 1. The molecule has 0 radical (unpaired) electrons. The molecule has 4 aromatic rings. The van der Waals surface area contributed by atoms with Crippen LogP contribution in [0.3, 0.4) is 0 Å². The number of hydrogen-bond acceptors (Lipinski definition) is 4. The number of nitrogens with one attached hydrogen (secondary N) is 2. The number of aromatic amines is 1. The van der Waals surface area contributed by atoms with Gasteiger partial charge >= 0.3 is 0 Å². The maximum Gasteiger partial charge on any atom is 0.208 e. The summed E-state index contributed by atoms with van der Waals surface area (Å²) in [6.07, 6.45) is 1.71. The zero-order valence-electron chi connectivity index (χ0n) is 13.7. The van der Waals surface area contributed by atoms with E-state index in [-0.39, 0.29) is 11.0 Å². The quantitative estimate of drug-likeness (QED) is 0.511. The fraction of sp³-hybridized carbons (Fsp3) is 0.176. The average molecular weight is 378 g/mol. The van der Waals surface area contributed by atoms with Crippen LogP contribution < -0.4 is 5.32 Å². The van der Waals surface area contributed by atoms with Crippen molar-refractivity contribution < 1.29 is 13.5 Å². The highest BCUT2D eigenvalue weighted by Crippen LogP contribution is 2.29. The second kappa shape index (κ2) is 6.54. The van der Waals surface area contributed by atoms with Crippen molar-refractivity contribution in [1.82, 2.24) is 19.5 Å². The molecule has 2 N–H and O–H groups in total. The Hall–Kier alpha value is -2.71. The second-order valence-corrected chi connectivity index (χ2v) is 6.08. The van der Waals surface area contributed by atoms with Crippen LogP contribution in [-0.2, 0) is 11.3 Å². The van der Waals surface area contributed by atoms with Gasteiger partial charge in [-0.1, -0.05) is 11.6 Å². The molecule has 0 unspecified atom stereocenters. The zero-order valence-corrected chi connectivity index (χ0v) is 14.4. The van der Waals surface area contributed by atoms with E-state index in [4.69, 9.17) is 16.3 Å². The Labute approximate surface area is 151 Å². The molecular weight excluding hydrogens is 364 g/mol. The smallest absolute Gasteiger partial charge is 0.208 e. The van der Waals surface area contributed by atoms with Crippen LogP contribution in [0.4, 0.5) is 20.4 Å². The number of nitrogens with zero attached hydrogens (tertiary/aromatic N) is 3. The molecule has 0 spiro atoms. The maximum absolute atomic E-state index is 14.3. The molecule has 1 aromatic carbocycles. The van der Waals surface area contributed by atoms with E-state index >= 15 is 0 Å². The van der Waals surface area contributed by atoms with Crippen molar-refractivity contribution >= 4 is 45.3 Å². The lowest BCUT2D eigenvalue weighted by Gasteiger charge is -2.10. The van der Waals surface area contributed by atoms with E-state index in [9.17, 15) is 8.78 Å². The van der Waals surface area contributed by atoms with Crippen LogP contribution >= 0.6 is 11.6 Å². The second-order valence-electron chi connectivity index (χ2n) is 5.69. The molecule has 6 nitrogen and oxygen atoms in total. The minimum atomic E-state index is -0.684. The highest BCUT2D eigenvalue weighted by Gasteiger charge is 2.17. The Morgan fingerprint density at radius 1 is 1.27 bits per heavy atom. The number of fused-ring (bicyclic) bond motifs is 2. The predicted molar refractivity (Wildman–Crippen MR) is 95.9 cm³/mol. The van der Waals surface area contributed by atoms with Gasteiger partial charge in [0.1, 0.15) is 22.0 Å². The first-order chi connectivity index (χ1) is 12.6. The lowest BCUT2D eigenvalue weighted by Crippen LogP contribution is -2.08. The van der Waals surface area contributed by atoms with Gasteiger partial charge in [-0.05, 0) is 12.1 Å². The van der Waals surface area contributed by atoms with Crippen molar-refractivity contribution in [3.8, 4) is 0 Å². The molecule has 0 aliphatic heterocycles. The maximum atomic E-state index is 14.3. The number of aromatic nitrogens is 4. The van der Waals surface area contributed by atoms with Crippen LogP contribution in [0.15, 0.2) is 30.5 Å². The van der Waals surface area contributed by atoms with E-state index in [1.165, 1.54) is 6.07 Å². The van der Waals surface area contributed by atoms with Crippen molar-refractivity contribution in [2.45, 2.75) is 6.54 Å². The van der Waals surface area contributed by atoms with Gasteiger partial charge in [0, 0.05) is 32.0 Å². The van der Waals surface area contributed by atoms with Crippen molar-refractivity contribution in [3.05, 3.63) is 47.2 Å². The first-order valence-electron chi connectivity index (χ1n) is 7.81. The molecule has 0 saturated carbocycles. The minimum Gasteiger partial charge on any atom is -0.383 e. The summed E-state index contributed by atoms with van der Waals surface area (Å²) in [6.45, 7) is 0.684. The highest BCUT2D eigenvalue weighted by atomic mass is 35.5. The number of anilines is 2. The van der Waals surface area contributed by atoms with Crippen molar-refractivity contribution in [2.75, 3.05) is 19.0 Å². The molecule has 0 fully saturated rings. The Kier molecular flexibility index (Phi) is 4.21. The topological polar surface area (TPSA) is 67.8 Å². The highest BCUT2D eigenvalue weighted by molar-refractivity contribution is 6.29. The SMILES string of the molecule is COCCn1c(Nc2c[nH]c3ccc(Cl)nc23)nc2cc(F)cc(F)c21. The Morgan fingerprint density at radius 3 is 2.92 bits per heavy atom. The van der Waals surface area contributed by atoms with Gasteiger partial charge in [-0.15, -0.1) is 0 Å². The minimum absolute atomic E-state index is 0.205. The standard InChI is InChI=1S/C17H14ClF2N5O/c1-26-5-4-25-16-10(20)6-9(19)7-12(16)22-17(25)23-13-8-21-11-2-3-14(18)24-15(11)13/h2-3,6-8,21H,4-5H2,1H3,(H,22,23). The molecule has 0 atom stereocenters. The monoisotopic (exact) mass is 377 g/mol. The van der Waals surface area contributed by atoms with Gasteiger partial charge in [-0.25, -0.2) is 18.7 Å². The third-order valence-electron chi connectivity index (χ3n) is 4.01. The summed E-state index contributed by atoms with van der Waals surface area (Å²) in [4.78, 5) is 11.7. The summed E-state index contributed by atoms with van der Waals surface area (Å²) in [5, 5.41) is 3.47. The molecule has 9 heteroatoms. The number of rotatable bonds is 5. The number of ether oxygens (including phenoxy) is 1. The molecule has 3 heterocycles. The summed E-state index contributed by atoms with van der Waals surface area (Å²) in [5.41, 5.74) is 2.45. The van der Waals surface area contributed by atoms with E-state index in [0.717, 1.165) is 11.6 Å². The Bertz CT molecular complexity index is 1110. The molecular formula is C17H14ClF2N5O. The molecule has 3 aromatic heterocycles. The van der Waals surface area contributed by atoms with Crippen molar-refractivity contribution in [2.24, 2.45) is 0 Å². The summed E-state index contributed by atoms with van der Waals surface area (Å²) >= 11 is 5.97. The van der Waals surface area contributed by atoms with Gasteiger partial charge in [0.25, 0.3) is 0 Å². The molecule has 0 aliphatic rings. The van der Waals surface area contributed by atoms with Crippen LogP contribution in [0.5, 0.6) is 0 Å². The largest absolute Gasteiger partial charge is 0.383 e. The molecule has 26 heavy (non-hydrogen) atoms. The summed E-state index contributed by atoms with van der Waals surface area (Å²) in [5.74, 6) is -1.01. The van der Waals surface area contributed by atoms with Gasteiger partial charge in [0.05, 0.1) is 23.3 Å². The van der Waals surface area contributed by atoms with Gasteiger partial charge < -0.3 is 19.6 Å². The lowest BCUT2D eigenvalue weighted by atomic mass is 10.3. The molecule has 0 saturated heterocycles. The zero-order chi connectivity index (χ0) is 18.3. The lowest BCUT2D eigenvalue weighted by molar-refractivity contribution is 0.188. The van der Waals surface area contributed by atoms with Gasteiger partial charge in [-0.2, -0.15) is 0 Å². The van der Waals surface area contributed by atoms with Crippen molar-refractivity contribution in [3.63, 3.8) is 0 Å². The number of imidazole rings is 1. The molecule has 134 valence electrons. The summed E-state index contributed by atoms with van der Waals surface area (Å²) in [6, 6.07) is 5.51. The van der Waals surface area contributed by atoms with Gasteiger partial charge in [0.15, 0.2) is 5.82 Å². The Morgan fingerprint density at radius 2 is 2.12 bits per heavy atom. The normalized spacial score (nSPS) is 11.5. The number of methoxy groups -OCH3 is 1. The van der Waals surface area contributed by atoms with Gasteiger partial charge in [-0.3, -0.25) is 0 Å². The first kappa shape index (κ1) is 16.7. The summed E-state index contributed by atoms with van der Waals surface area (Å²) in [7, 11) is 1.55. The van der Waals surface area contributed by atoms with Crippen molar-refractivity contribution in [1.29, 1.82) is 0 Å². The van der Waals surface area contributed by atoms with Gasteiger partial charge in [0.2, 0.25) is 5.95 Å². The molecule has 0 aliphatic carbocycles. The van der Waals surface area contributed by atoms with E-state index in [0.29, 0.717) is 35.5 Å². The first-order valence-corrected chi connectivity index (χ1v) is 8.19. The number of pyridine rings is 1. The van der Waals surface area contributed by atoms with Crippen LogP contribution in [0, 0.1) is 11.6 Å². The summed E-state index contributed by atoms with van der Waals surface area (Å²) < 4.78 is 34.6. The van der Waals surface area contributed by atoms with E-state index in [2.05, 4.69) is 20.3 Å².